The van der Waals surface area contributed by atoms with E-state index in [1.54, 1.807) is 12.4 Å². The van der Waals surface area contributed by atoms with Gasteiger partial charge in [-0.05, 0) is 47.5 Å². The van der Waals surface area contributed by atoms with Gasteiger partial charge in [0.25, 0.3) is 0 Å². The van der Waals surface area contributed by atoms with E-state index >= 15 is 0 Å². The minimum absolute atomic E-state index is 0.308. The van der Waals surface area contributed by atoms with Gasteiger partial charge >= 0.3 is 6.01 Å². The summed E-state index contributed by atoms with van der Waals surface area (Å²) in [6.45, 7) is 2.30. The molecule has 1 aliphatic rings. The van der Waals surface area contributed by atoms with Gasteiger partial charge in [0.05, 0.1) is 4.47 Å². The molecule has 3 nitrogen and oxygen atoms in total. The van der Waals surface area contributed by atoms with Gasteiger partial charge in [-0.3, -0.25) is 0 Å². The minimum Gasteiger partial charge on any atom is -0.460 e. The van der Waals surface area contributed by atoms with Crippen molar-refractivity contribution in [2.45, 2.75) is 38.7 Å². The number of hydrogen-bond donors (Lipinski definition) is 0. The van der Waals surface area contributed by atoms with Crippen LogP contribution < -0.4 is 4.74 Å². The zero-order valence-electron chi connectivity index (χ0n) is 8.82. The summed E-state index contributed by atoms with van der Waals surface area (Å²) in [6, 6.07) is 0.498. The van der Waals surface area contributed by atoms with Gasteiger partial charge in [0, 0.05) is 12.4 Å². The van der Waals surface area contributed by atoms with E-state index in [1.165, 1.54) is 12.8 Å². The second-order valence-electron chi connectivity index (χ2n) is 4.18. The Hall–Kier alpha value is -0.640. The van der Waals surface area contributed by atoms with E-state index < -0.39 is 0 Å². The molecule has 2 rings (SSSR count). The van der Waals surface area contributed by atoms with Crippen molar-refractivity contribution in [2.75, 3.05) is 0 Å². The van der Waals surface area contributed by atoms with E-state index in [4.69, 9.17) is 4.74 Å². The first-order valence-electron chi connectivity index (χ1n) is 5.38. The largest absolute Gasteiger partial charge is 0.460 e. The molecule has 1 saturated carbocycles. The second-order valence-corrected chi connectivity index (χ2v) is 5.10. The van der Waals surface area contributed by atoms with Crippen LogP contribution in [0.25, 0.3) is 0 Å². The average Bonchev–Trinajstić information content (AvgIpc) is 2.25. The zero-order chi connectivity index (χ0) is 10.7. The van der Waals surface area contributed by atoms with Crippen molar-refractivity contribution in [1.82, 2.24) is 9.97 Å². The molecule has 4 heteroatoms. The van der Waals surface area contributed by atoms with Crippen molar-refractivity contribution < 1.29 is 4.74 Å². The summed E-state index contributed by atoms with van der Waals surface area (Å²) in [4.78, 5) is 8.22. The lowest BCUT2D eigenvalue weighted by molar-refractivity contribution is 0.124. The average molecular weight is 271 g/mol. The van der Waals surface area contributed by atoms with Crippen LogP contribution in [0.5, 0.6) is 6.01 Å². The van der Waals surface area contributed by atoms with Gasteiger partial charge in [0.15, 0.2) is 0 Å². The molecule has 0 N–H and O–H groups in total. The summed E-state index contributed by atoms with van der Waals surface area (Å²) in [5.74, 6) is 0.843. The van der Waals surface area contributed by atoms with E-state index in [-0.39, 0.29) is 0 Å². The van der Waals surface area contributed by atoms with Crippen LogP contribution in [0.3, 0.4) is 0 Å². The number of aromatic nitrogens is 2. The molecule has 1 aliphatic carbocycles. The SMILES string of the molecule is CC1CCC(Oc2ncc(Br)cn2)CC1. The Morgan fingerprint density at radius 2 is 1.80 bits per heavy atom. The van der Waals surface area contributed by atoms with Crippen LogP contribution in [-0.2, 0) is 0 Å². The Kier molecular flexibility index (Phi) is 3.57. The van der Waals surface area contributed by atoms with Crippen LogP contribution in [0.1, 0.15) is 32.6 Å². The molecule has 1 heterocycles. The molecular weight excluding hydrogens is 256 g/mol. The van der Waals surface area contributed by atoms with Gasteiger partial charge in [-0.15, -0.1) is 0 Å². The van der Waals surface area contributed by atoms with Gasteiger partial charge in [0.2, 0.25) is 0 Å². The predicted molar refractivity (Wildman–Crippen MR) is 61.8 cm³/mol. The summed E-state index contributed by atoms with van der Waals surface area (Å²) in [5, 5.41) is 0. The Bertz CT molecular complexity index is 307. The second kappa shape index (κ2) is 4.92. The molecule has 0 spiro atoms. The lowest BCUT2D eigenvalue weighted by Crippen LogP contribution is -2.23. The zero-order valence-corrected chi connectivity index (χ0v) is 10.4. The molecule has 0 aromatic carbocycles. The normalized spacial score (nSPS) is 26.3. The van der Waals surface area contributed by atoms with Crippen molar-refractivity contribution >= 4 is 15.9 Å². The first kappa shape index (κ1) is 10.9. The van der Waals surface area contributed by atoms with E-state index in [0.717, 1.165) is 23.2 Å². The molecule has 0 unspecified atom stereocenters. The van der Waals surface area contributed by atoms with Crippen molar-refractivity contribution in [2.24, 2.45) is 5.92 Å². The summed E-state index contributed by atoms with van der Waals surface area (Å²) in [5.41, 5.74) is 0. The molecule has 1 aromatic rings. The van der Waals surface area contributed by atoms with Gasteiger partial charge in [-0.2, -0.15) is 0 Å². The minimum atomic E-state index is 0.308. The van der Waals surface area contributed by atoms with Crippen molar-refractivity contribution in [3.05, 3.63) is 16.9 Å². The number of nitrogens with zero attached hydrogens (tertiary/aromatic N) is 2. The third-order valence-electron chi connectivity index (χ3n) is 2.83. The number of hydrogen-bond acceptors (Lipinski definition) is 3. The molecule has 0 saturated heterocycles. The molecule has 82 valence electrons. The van der Waals surface area contributed by atoms with Crippen LogP contribution in [0.15, 0.2) is 16.9 Å². The maximum absolute atomic E-state index is 5.72. The lowest BCUT2D eigenvalue weighted by atomic mass is 9.89. The summed E-state index contributed by atoms with van der Waals surface area (Å²) >= 11 is 3.30. The maximum atomic E-state index is 5.72. The molecule has 0 atom stereocenters. The highest BCUT2D eigenvalue weighted by Gasteiger charge is 2.20. The lowest BCUT2D eigenvalue weighted by Gasteiger charge is -2.25. The van der Waals surface area contributed by atoms with Crippen LogP contribution in [0.4, 0.5) is 0 Å². The quantitative estimate of drug-likeness (QED) is 0.828. The topological polar surface area (TPSA) is 35.0 Å². The first-order valence-corrected chi connectivity index (χ1v) is 6.17. The monoisotopic (exact) mass is 270 g/mol. The smallest absolute Gasteiger partial charge is 0.316 e. The number of ether oxygens (including phenoxy) is 1. The van der Waals surface area contributed by atoms with E-state index in [1.807, 2.05) is 0 Å². The van der Waals surface area contributed by atoms with Crippen LogP contribution >= 0.6 is 15.9 Å². The molecule has 0 radical (unpaired) electrons. The van der Waals surface area contributed by atoms with E-state index in [2.05, 4.69) is 32.8 Å². The van der Waals surface area contributed by atoms with Gasteiger partial charge in [0.1, 0.15) is 6.10 Å². The third-order valence-corrected chi connectivity index (χ3v) is 3.24. The fraction of sp³-hybridized carbons (Fsp3) is 0.636. The Morgan fingerprint density at radius 3 is 2.40 bits per heavy atom. The molecule has 0 amide bonds. The summed E-state index contributed by atoms with van der Waals surface area (Å²) in [6.07, 6.45) is 8.49. The van der Waals surface area contributed by atoms with Crippen LogP contribution in [0, 0.1) is 5.92 Å². The maximum Gasteiger partial charge on any atom is 0.316 e. The fourth-order valence-corrected chi connectivity index (χ4v) is 2.06. The highest BCUT2D eigenvalue weighted by atomic mass is 79.9. The van der Waals surface area contributed by atoms with Crippen molar-refractivity contribution in [1.29, 1.82) is 0 Å². The highest BCUT2D eigenvalue weighted by molar-refractivity contribution is 9.10. The van der Waals surface area contributed by atoms with Gasteiger partial charge in [-0.25, -0.2) is 9.97 Å². The molecule has 1 aromatic heterocycles. The summed E-state index contributed by atoms with van der Waals surface area (Å²) in [7, 11) is 0. The molecule has 1 fully saturated rings. The van der Waals surface area contributed by atoms with E-state index in [0.29, 0.717) is 12.1 Å². The number of rotatable bonds is 2. The van der Waals surface area contributed by atoms with Gasteiger partial charge in [-0.1, -0.05) is 6.92 Å². The first-order chi connectivity index (χ1) is 7.24. The van der Waals surface area contributed by atoms with Gasteiger partial charge < -0.3 is 4.74 Å². The third kappa shape index (κ3) is 3.16. The van der Waals surface area contributed by atoms with Crippen molar-refractivity contribution in [3.63, 3.8) is 0 Å². The molecule has 15 heavy (non-hydrogen) atoms. The van der Waals surface area contributed by atoms with Crippen LogP contribution in [0.2, 0.25) is 0 Å². The van der Waals surface area contributed by atoms with Crippen LogP contribution in [-0.4, -0.2) is 16.1 Å². The van der Waals surface area contributed by atoms with E-state index in [9.17, 15) is 0 Å². The molecule has 0 bridgehead atoms. The predicted octanol–water partition coefficient (Wildman–Crippen LogP) is 3.20. The fourth-order valence-electron chi connectivity index (χ4n) is 1.86. The number of halogens is 1. The Balaban J connectivity index is 1.89. The summed E-state index contributed by atoms with van der Waals surface area (Å²) < 4.78 is 6.60. The highest BCUT2D eigenvalue weighted by Crippen LogP contribution is 2.25. The Labute approximate surface area is 98.4 Å². The Morgan fingerprint density at radius 1 is 1.20 bits per heavy atom. The molecular formula is C11H15BrN2O. The van der Waals surface area contributed by atoms with Crippen molar-refractivity contribution in [3.8, 4) is 6.01 Å². The molecule has 0 aliphatic heterocycles. The standard InChI is InChI=1S/C11H15BrN2O/c1-8-2-4-10(5-3-8)15-11-13-6-9(12)7-14-11/h6-8,10H,2-5H2,1H3.